The van der Waals surface area contributed by atoms with Crippen molar-refractivity contribution in [2.45, 2.75) is 32.1 Å². The Morgan fingerprint density at radius 3 is 2.83 bits per heavy atom. The molecule has 1 saturated heterocycles. The Bertz CT molecular complexity index is 700. The highest BCUT2D eigenvalue weighted by Gasteiger charge is 2.47. The van der Waals surface area contributed by atoms with Gasteiger partial charge in [-0.25, -0.2) is 0 Å². The zero-order chi connectivity index (χ0) is 15.9. The van der Waals surface area contributed by atoms with Gasteiger partial charge in [-0.05, 0) is 35.2 Å². The van der Waals surface area contributed by atoms with E-state index in [9.17, 15) is 5.11 Å². The first kappa shape index (κ1) is 14.7. The summed E-state index contributed by atoms with van der Waals surface area (Å²) in [4.78, 5) is 2.51. The number of aromatic hydroxyl groups is 1. The van der Waals surface area contributed by atoms with Gasteiger partial charge in [0.15, 0.2) is 0 Å². The van der Waals surface area contributed by atoms with Crippen LogP contribution in [-0.4, -0.2) is 23.1 Å². The molecule has 2 heterocycles. The third kappa shape index (κ3) is 2.54. The van der Waals surface area contributed by atoms with Crippen LogP contribution in [0.4, 0.5) is 0 Å². The Morgan fingerprint density at radius 1 is 1.22 bits per heavy atom. The molecule has 2 atom stereocenters. The number of rotatable bonds is 2. The predicted octanol–water partition coefficient (Wildman–Crippen LogP) is 3.66. The molecule has 0 saturated carbocycles. The van der Waals surface area contributed by atoms with E-state index in [1.165, 1.54) is 16.7 Å². The number of hydrogen-bond acceptors (Lipinski definition) is 3. The van der Waals surface area contributed by atoms with E-state index in [0.29, 0.717) is 18.3 Å². The van der Waals surface area contributed by atoms with Gasteiger partial charge in [0.05, 0.1) is 12.2 Å². The van der Waals surface area contributed by atoms with E-state index in [1.807, 2.05) is 12.1 Å². The van der Waals surface area contributed by atoms with E-state index in [4.69, 9.17) is 4.74 Å². The maximum atomic E-state index is 9.88. The first-order chi connectivity index (χ1) is 11.2. The van der Waals surface area contributed by atoms with Gasteiger partial charge in [0, 0.05) is 25.6 Å². The minimum atomic E-state index is -0.221. The summed E-state index contributed by atoms with van der Waals surface area (Å²) in [5.74, 6) is 0.746. The summed E-state index contributed by atoms with van der Waals surface area (Å²) in [6.07, 6.45) is 0.984. The molecule has 0 amide bonds. The van der Waals surface area contributed by atoms with Crippen LogP contribution in [0.5, 0.6) is 5.75 Å². The lowest BCUT2D eigenvalue weighted by Crippen LogP contribution is -2.48. The van der Waals surface area contributed by atoms with Crippen LogP contribution in [0.25, 0.3) is 0 Å². The molecule has 2 aliphatic rings. The van der Waals surface area contributed by atoms with Gasteiger partial charge in [0.2, 0.25) is 0 Å². The monoisotopic (exact) mass is 309 g/mol. The SMILES string of the molecule is C[C@H]1CN(Cc2ccccc2)CC[C@@]12OCc1ccc(O)cc12. The average Bonchev–Trinajstić information content (AvgIpc) is 2.91. The van der Waals surface area contributed by atoms with E-state index < -0.39 is 0 Å². The number of nitrogens with zero attached hydrogens (tertiary/aromatic N) is 1. The zero-order valence-corrected chi connectivity index (χ0v) is 13.5. The lowest BCUT2D eigenvalue weighted by molar-refractivity contribution is -0.116. The van der Waals surface area contributed by atoms with Gasteiger partial charge in [-0.1, -0.05) is 43.3 Å². The molecule has 3 heteroatoms. The van der Waals surface area contributed by atoms with Crippen LogP contribution < -0.4 is 0 Å². The van der Waals surface area contributed by atoms with Crippen LogP contribution >= 0.6 is 0 Å². The molecule has 2 aromatic rings. The summed E-state index contributed by atoms with van der Waals surface area (Å²) >= 11 is 0. The molecule has 4 rings (SSSR count). The topological polar surface area (TPSA) is 32.7 Å². The Hall–Kier alpha value is -1.84. The van der Waals surface area contributed by atoms with Crippen LogP contribution in [0.3, 0.4) is 0 Å². The number of fused-ring (bicyclic) bond motifs is 2. The summed E-state index contributed by atoms with van der Waals surface area (Å²) in [6, 6.07) is 16.3. The average molecular weight is 309 g/mol. The number of phenols is 1. The first-order valence-corrected chi connectivity index (χ1v) is 8.40. The van der Waals surface area contributed by atoms with Crippen LogP contribution in [-0.2, 0) is 23.5 Å². The maximum Gasteiger partial charge on any atom is 0.115 e. The number of phenolic OH excluding ortho intramolecular Hbond substituents is 1. The molecule has 3 nitrogen and oxygen atoms in total. The highest BCUT2D eigenvalue weighted by molar-refractivity contribution is 5.42. The minimum absolute atomic E-state index is 0.221. The van der Waals surface area contributed by atoms with Gasteiger partial charge in [-0.3, -0.25) is 4.90 Å². The highest BCUT2D eigenvalue weighted by Crippen LogP contribution is 2.48. The van der Waals surface area contributed by atoms with E-state index in [0.717, 1.165) is 26.1 Å². The quantitative estimate of drug-likeness (QED) is 0.919. The molecule has 23 heavy (non-hydrogen) atoms. The van der Waals surface area contributed by atoms with Crippen molar-refractivity contribution >= 4 is 0 Å². The van der Waals surface area contributed by atoms with E-state index >= 15 is 0 Å². The number of piperidine rings is 1. The molecular formula is C20H23NO2. The molecular weight excluding hydrogens is 286 g/mol. The summed E-state index contributed by atoms with van der Waals surface area (Å²) in [7, 11) is 0. The summed E-state index contributed by atoms with van der Waals surface area (Å²) < 4.78 is 6.28. The maximum absolute atomic E-state index is 9.88. The molecule has 2 aliphatic heterocycles. The van der Waals surface area contributed by atoms with Gasteiger partial charge in [0.25, 0.3) is 0 Å². The lowest BCUT2D eigenvalue weighted by Gasteiger charge is -2.44. The van der Waals surface area contributed by atoms with E-state index in [1.54, 1.807) is 6.07 Å². The number of likely N-dealkylation sites (tertiary alicyclic amines) is 1. The molecule has 2 aromatic carbocycles. The molecule has 120 valence electrons. The molecule has 1 fully saturated rings. The fourth-order valence-corrected chi connectivity index (χ4v) is 4.16. The van der Waals surface area contributed by atoms with Crippen molar-refractivity contribution in [1.29, 1.82) is 0 Å². The van der Waals surface area contributed by atoms with Crippen LogP contribution in [0.1, 0.15) is 30.0 Å². The first-order valence-electron chi connectivity index (χ1n) is 8.40. The van der Waals surface area contributed by atoms with Crippen molar-refractivity contribution in [1.82, 2.24) is 4.90 Å². The van der Waals surface area contributed by atoms with Gasteiger partial charge in [-0.15, -0.1) is 0 Å². The van der Waals surface area contributed by atoms with Crippen molar-refractivity contribution in [2.75, 3.05) is 13.1 Å². The number of ether oxygens (including phenoxy) is 1. The summed E-state index contributed by atoms with van der Waals surface area (Å²) in [5, 5.41) is 9.88. The van der Waals surface area contributed by atoms with Crippen molar-refractivity contribution in [3.8, 4) is 5.75 Å². The van der Waals surface area contributed by atoms with Crippen molar-refractivity contribution in [3.63, 3.8) is 0 Å². The second-order valence-corrected chi connectivity index (χ2v) is 6.89. The van der Waals surface area contributed by atoms with Gasteiger partial charge >= 0.3 is 0 Å². The largest absolute Gasteiger partial charge is 0.508 e. The van der Waals surface area contributed by atoms with Crippen LogP contribution in [0, 0.1) is 5.92 Å². The molecule has 0 aliphatic carbocycles. The molecule has 0 aromatic heterocycles. The standard InChI is InChI=1S/C20H23NO2/c1-15-12-21(13-16-5-3-2-4-6-16)10-9-20(15)19-11-18(22)8-7-17(19)14-23-20/h2-8,11,15,22H,9-10,12-14H2,1H3/t15-,20+/m0/s1. The summed E-state index contributed by atoms with van der Waals surface area (Å²) in [5.41, 5.74) is 3.57. The fraction of sp³-hybridized carbons (Fsp3) is 0.400. The van der Waals surface area contributed by atoms with Crippen molar-refractivity contribution in [2.24, 2.45) is 5.92 Å². The normalized spacial score (nSPS) is 27.3. The van der Waals surface area contributed by atoms with Gasteiger partial charge in [-0.2, -0.15) is 0 Å². The van der Waals surface area contributed by atoms with E-state index in [-0.39, 0.29) is 5.60 Å². The van der Waals surface area contributed by atoms with Gasteiger partial charge in [0.1, 0.15) is 5.75 Å². The van der Waals surface area contributed by atoms with E-state index in [2.05, 4.69) is 42.2 Å². The van der Waals surface area contributed by atoms with Crippen molar-refractivity contribution in [3.05, 3.63) is 65.2 Å². The highest BCUT2D eigenvalue weighted by atomic mass is 16.5. The Kier molecular flexibility index (Phi) is 3.63. The fourth-order valence-electron chi connectivity index (χ4n) is 4.16. The number of hydrogen-bond donors (Lipinski definition) is 1. The molecule has 0 unspecified atom stereocenters. The molecule has 1 spiro atoms. The van der Waals surface area contributed by atoms with Gasteiger partial charge < -0.3 is 9.84 Å². The summed E-state index contributed by atoms with van der Waals surface area (Å²) in [6.45, 7) is 5.97. The zero-order valence-electron chi connectivity index (χ0n) is 13.5. The predicted molar refractivity (Wildman–Crippen MR) is 90.1 cm³/mol. The van der Waals surface area contributed by atoms with Crippen LogP contribution in [0.2, 0.25) is 0 Å². The third-order valence-corrected chi connectivity index (χ3v) is 5.41. The third-order valence-electron chi connectivity index (χ3n) is 5.41. The smallest absolute Gasteiger partial charge is 0.115 e. The second-order valence-electron chi connectivity index (χ2n) is 6.89. The lowest BCUT2D eigenvalue weighted by atomic mass is 9.76. The molecule has 1 N–H and O–H groups in total. The number of benzene rings is 2. The Morgan fingerprint density at radius 2 is 2.04 bits per heavy atom. The minimum Gasteiger partial charge on any atom is -0.508 e. The Balaban J connectivity index is 1.54. The second kappa shape index (κ2) is 5.66. The van der Waals surface area contributed by atoms with Crippen molar-refractivity contribution < 1.29 is 9.84 Å². The Labute approximate surface area is 137 Å². The molecule has 0 radical (unpaired) electrons. The molecule has 0 bridgehead atoms. The van der Waals surface area contributed by atoms with Crippen LogP contribution in [0.15, 0.2) is 48.5 Å².